The van der Waals surface area contributed by atoms with E-state index in [0.29, 0.717) is 0 Å². The predicted octanol–water partition coefficient (Wildman–Crippen LogP) is 2.17. The Labute approximate surface area is 119 Å². The zero-order valence-electron chi connectivity index (χ0n) is 12.0. The molecule has 2 aromatic rings. The van der Waals surface area contributed by atoms with E-state index in [9.17, 15) is 0 Å². The minimum absolute atomic E-state index is 0.717. The van der Waals surface area contributed by atoms with Crippen molar-refractivity contribution in [2.24, 2.45) is 7.05 Å². The van der Waals surface area contributed by atoms with E-state index < -0.39 is 0 Å². The lowest BCUT2D eigenvalue weighted by Gasteiger charge is -2.19. The number of ether oxygens (including phenoxy) is 1. The maximum atomic E-state index is 5.27. The highest BCUT2D eigenvalue weighted by atomic mass is 16.5. The first-order valence-corrected chi connectivity index (χ1v) is 6.67. The van der Waals surface area contributed by atoms with Gasteiger partial charge in [0.15, 0.2) is 0 Å². The highest BCUT2D eigenvalue weighted by molar-refractivity contribution is 5.42. The summed E-state index contributed by atoms with van der Waals surface area (Å²) >= 11 is 0. The van der Waals surface area contributed by atoms with Crippen LogP contribution in [0.4, 0.5) is 0 Å². The van der Waals surface area contributed by atoms with Crippen molar-refractivity contribution in [3.63, 3.8) is 0 Å². The molecule has 0 atom stereocenters. The number of hydrogen-bond donors (Lipinski definition) is 0. The molecule has 2 rings (SSSR count). The fourth-order valence-electron chi connectivity index (χ4n) is 1.97. The Morgan fingerprint density at radius 1 is 1.50 bits per heavy atom. The van der Waals surface area contributed by atoms with Gasteiger partial charge in [-0.15, -0.1) is 0 Å². The summed E-state index contributed by atoms with van der Waals surface area (Å²) < 4.78 is 12.3. The highest BCUT2D eigenvalue weighted by Crippen LogP contribution is 2.06. The molecule has 0 fully saturated rings. The van der Waals surface area contributed by atoms with Gasteiger partial charge in [-0.1, -0.05) is 6.08 Å². The second-order valence-electron chi connectivity index (χ2n) is 4.67. The summed E-state index contributed by atoms with van der Waals surface area (Å²) in [6.45, 7) is 3.31. The van der Waals surface area contributed by atoms with Gasteiger partial charge in [0.1, 0.15) is 5.76 Å². The molecule has 2 aromatic heterocycles. The summed E-state index contributed by atoms with van der Waals surface area (Å²) in [6.07, 6.45) is 9.71. The first kappa shape index (κ1) is 14.6. The third kappa shape index (κ3) is 4.68. The largest absolute Gasteiger partial charge is 0.465 e. The minimum atomic E-state index is 0.717. The van der Waals surface area contributed by atoms with Crippen LogP contribution in [0, 0.1) is 0 Å². The van der Waals surface area contributed by atoms with Gasteiger partial charge in [-0.3, -0.25) is 9.58 Å². The molecular weight excluding hydrogens is 254 g/mol. The van der Waals surface area contributed by atoms with Crippen LogP contribution < -0.4 is 0 Å². The van der Waals surface area contributed by atoms with Gasteiger partial charge in [0.2, 0.25) is 0 Å². The second kappa shape index (κ2) is 7.67. The average Bonchev–Trinajstić information content (AvgIpc) is 3.08. The van der Waals surface area contributed by atoms with E-state index in [-0.39, 0.29) is 0 Å². The molecule has 0 saturated carbocycles. The molecule has 0 spiro atoms. The van der Waals surface area contributed by atoms with Crippen molar-refractivity contribution in [2.45, 2.75) is 6.54 Å². The molecule has 0 saturated heterocycles. The minimum Gasteiger partial charge on any atom is -0.465 e. The molecule has 0 unspecified atom stereocenters. The molecule has 0 radical (unpaired) electrons. The maximum absolute atomic E-state index is 5.27. The van der Waals surface area contributed by atoms with Crippen LogP contribution in [-0.4, -0.2) is 41.5 Å². The number of aromatic nitrogens is 2. The summed E-state index contributed by atoms with van der Waals surface area (Å²) in [4.78, 5) is 2.31. The normalized spacial score (nSPS) is 11.8. The number of hydrogen-bond acceptors (Lipinski definition) is 4. The Balaban J connectivity index is 1.89. The molecule has 0 amide bonds. The molecule has 0 aliphatic carbocycles. The number of furan rings is 1. The van der Waals surface area contributed by atoms with Crippen LogP contribution in [0.15, 0.2) is 41.3 Å². The van der Waals surface area contributed by atoms with E-state index in [0.717, 1.165) is 32.0 Å². The van der Waals surface area contributed by atoms with Crippen molar-refractivity contribution >= 4 is 6.08 Å². The van der Waals surface area contributed by atoms with Crippen LogP contribution in [0.3, 0.4) is 0 Å². The molecule has 0 aromatic carbocycles. The predicted molar refractivity (Wildman–Crippen MR) is 78.1 cm³/mol. The number of aryl methyl sites for hydroxylation is 1. The van der Waals surface area contributed by atoms with Crippen LogP contribution in [0.2, 0.25) is 0 Å². The smallest absolute Gasteiger partial charge is 0.126 e. The van der Waals surface area contributed by atoms with E-state index in [1.807, 2.05) is 42.3 Å². The zero-order chi connectivity index (χ0) is 14.2. The molecule has 0 bridgehead atoms. The van der Waals surface area contributed by atoms with E-state index in [2.05, 4.69) is 16.1 Å². The fourth-order valence-corrected chi connectivity index (χ4v) is 1.97. The van der Waals surface area contributed by atoms with Gasteiger partial charge in [-0.2, -0.15) is 5.10 Å². The molecule has 20 heavy (non-hydrogen) atoms. The fraction of sp³-hybridized carbons (Fsp3) is 0.400. The molecule has 5 heteroatoms. The monoisotopic (exact) mass is 275 g/mol. The quantitative estimate of drug-likeness (QED) is 0.740. The molecule has 2 heterocycles. The van der Waals surface area contributed by atoms with Crippen molar-refractivity contribution < 1.29 is 9.15 Å². The van der Waals surface area contributed by atoms with Crippen molar-refractivity contribution in [1.82, 2.24) is 14.7 Å². The topological polar surface area (TPSA) is 43.4 Å². The third-order valence-corrected chi connectivity index (χ3v) is 2.97. The summed E-state index contributed by atoms with van der Waals surface area (Å²) in [7, 11) is 3.65. The van der Waals surface area contributed by atoms with Crippen molar-refractivity contribution in [3.05, 3.63) is 48.2 Å². The van der Waals surface area contributed by atoms with Crippen molar-refractivity contribution in [1.29, 1.82) is 0 Å². The molecule has 108 valence electrons. The number of methoxy groups -OCH3 is 1. The summed E-state index contributed by atoms with van der Waals surface area (Å²) in [6, 6.07) is 3.83. The molecule has 5 nitrogen and oxygen atoms in total. The van der Waals surface area contributed by atoms with E-state index in [4.69, 9.17) is 9.15 Å². The summed E-state index contributed by atoms with van der Waals surface area (Å²) in [5.74, 6) is 0.873. The summed E-state index contributed by atoms with van der Waals surface area (Å²) in [5, 5.41) is 4.20. The van der Waals surface area contributed by atoms with Gasteiger partial charge < -0.3 is 9.15 Å². The SMILES string of the molecule is COCCN(C/C=C/c1ccco1)Cc1cnn(C)c1. The van der Waals surface area contributed by atoms with Crippen LogP contribution in [0.5, 0.6) is 0 Å². The lowest BCUT2D eigenvalue weighted by Crippen LogP contribution is -2.27. The van der Waals surface area contributed by atoms with E-state index in [1.54, 1.807) is 13.4 Å². The van der Waals surface area contributed by atoms with E-state index >= 15 is 0 Å². The lowest BCUT2D eigenvalue weighted by molar-refractivity contribution is 0.151. The van der Waals surface area contributed by atoms with Crippen LogP contribution in [-0.2, 0) is 18.3 Å². The Morgan fingerprint density at radius 3 is 3.05 bits per heavy atom. The second-order valence-corrected chi connectivity index (χ2v) is 4.67. The Morgan fingerprint density at radius 2 is 2.40 bits per heavy atom. The zero-order valence-corrected chi connectivity index (χ0v) is 12.0. The number of rotatable bonds is 8. The highest BCUT2D eigenvalue weighted by Gasteiger charge is 2.05. The van der Waals surface area contributed by atoms with Gasteiger partial charge in [0, 0.05) is 45.6 Å². The maximum Gasteiger partial charge on any atom is 0.126 e. The lowest BCUT2D eigenvalue weighted by atomic mass is 10.3. The standard InChI is InChI=1S/C15H21N3O2/c1-17-12-14(11-16-17)13-18(8-10-19-2)7-3-5-15-6-4-9-20-15/h3-6,9,11-12H,7-8,10,13H2,1-2H3/b5-3+. The van der Waals surface area contributed by atoms with Gasteiger partial charge in [-0.25, -0.2) is 0 Å². The van der Waals surface area contributed by atoms with Gasteiger partial charge >= 0.3 is 0 Å². The van der Waals surface area contributed by atoms with Gasteiger partial charge in [0.25, 0.3) is 0 Å². The van der Waals surface area contributed by atoms with Crippen LogP contribution in [0.1, 0.15) is 11.3 Å². The number of nitrogens with zero attached hydrogens (tertiary/aromatic N) is 3. The first-order chi connectivity index (χ1) is 9.78. The average molecular weight is 275 g/mol. The van der Waals surface area contributed by atoms with Crippen molar-refractivity contribution in [3.8, 4) is 0 Å². The molecule has 0 N–H and O–H groups in total. The molecule has 0 aliphatic rings. The first-order valence-electron chi connectivity index (χ1n) is 6.67. The Hall–Kier alpha value is -1.85. The third-order valence-electron chi connectivity index (χ3n) is 2.97. The Bertz CT molecular complexity index is 517. The Kier molecular flexibility index (Phi) is 5.58. The molecule has 0 aliphatic heterocycles. The van der Waals surface area contributed by atoms with Gasteiger partial charge in [-0.05, 0) is 18.2 Å². The molecular formula is C15H21N3O2. The van der Waals surface area contributed by atoms with Crippen LogP contribution in [0.25, 0.3) is 6.08 Å². The van der Waals surface area contributed by atoms with Gasteiger partial charge in [0.05, 0.1) is 19.1 Å². The van der Waals surface area contributed by atoms with Crippen molar-refractivity contribution in [2.75, 3.05) is 26.8 Å². The van der Waals surface area contributed by atoms with Crippen LogP contribution >= 0.6 is 0 Å². The van der Waals surface area contributed by atoms with E-state index in [1.165, 1.54) is 5.56 Å². The summed E-state index contributed by atoms with van der Waals surface area (Å²) in [5.41, 5.74) is 1.20.